The van der Waals surface area contributed by atoms with E-state index in [-0.39, 0.29) is 16.1 Å². The molecule has 98 valence electrons. The molecule has 1 aromatic rings. The van der Waals surface area contributed by atoms with Crippen molar-refractivity contribution in [3.8, 4) is 0 Å². The summed E-state index contributed by atoms with van der Waals surface area (Å²) < 4.78 is 0. The van der Waals surface area contributed by atoms with Crippen LogP contribution < -0.4 is 11.1 Å². The topological polar surface area (TPSA) is 81.2 Å². The molecule has 0 amide bonds. The van der Waals surface area contributed by atoms with Gasteiger partial charge < -0.3 is 11.1 Å². The third-order valence-electron chi connectivity index (χ3n) is 3.75. The quantitative estimate of drug-likeness (QED) is 0.634. The number of benzene rings is 1. The first kappa shape index (κ1) is 12.8. The van der Waals surface area contributed by atoms with Crippen molar-refractivity contribution < 1.29 is 4.92 Å². The summed E-state index contributed by atoms with van der Waals surface area (Å²) in [5.74, 6) is 0. The zero-order valence-corrected chi connectivity index (χ0v) is 10.6. The van der Waals surface area contributed by atoms with E-state index in [1.54, 1.807) is 19.1 Å². The van der Waals surface area contributed by atoms with E-state index in [9.17, 15) is 10.1 Å². The molecule has 0 spiro atoms. The summed E-state index contributed by atoms with van der Waals surface area (Å²) in [6.45, 7) is 2.36. The monoisotopic (exact) mass is 249 g/mol. The van der Waals surface area contributed by atoms with E-state index in [1.807, 2.05) is 6.07 Å². The summed E-state index contributed by atoms with van der Waals surface area (Å²) >= 11 is 0. The van der Waals surface area contributed by atoms with Gasteiger partial charge in [0.25, 0.3) is 5.69 Å². The number of aryl methyl sites for hydroxylation is 1. The first-order valence-electron chi connectivity index (χ1n) is 6.30. The first-order chi connectivity index (χ1) is 8.56. The third-order valence-corrected chi connectivity index (χ3v) is 3.75. The van der Waals surface area contributed by atoms with Gasteiger partial charge >= 0.3 is 0 Å². The van der Waals surface area contributed by atoms with Crippen LogP contribution in [0.2, 0.25) is 0 Å². The smallest absolute Gasteiger partial charge is 0.272 e. The number of nitro groups is 1. The Morgan fingerprint density at radius 3 is 2.61 bits per heavy atom. The molecule has 0 saturated heterocycles. The van der Waals surface area contributed by atoms with Crippen molar-refractivity contribution >= 4 is 11.4 Å². The van der Waals surface area contributed by atoms with E-state index < -0.39 is 0 Å². The highest BCUT2D eigenvalue weighted by atomic mass is 16.6. The van der Waals surface area contributed by atoms with Gasteiger partial charge in [-0.3, -0.25) is 10.1 Å². The summed E-state index contributed by atoms with van der Waals surface area (Å²) in [5, 5.41) is 14.2. The summed E-state index contributed by atoms with van der Waals surface area (Å²) in [7, 11) is 0. The molecule has 0 aliphatic heterocycles. The molecule has 1 aliphatic carbocycles. The molecular weight excluding hydrogens is 230 g/mol. The summed E-state index contributed by atoms with van der Waals surface area (Å²) in [4.78, 5) is 10.4. The molecule has 0 aromatic heterocycles. The molecule has 3 N–H and O–H groups in total. The summed E-state index contributed by atoms with van der Waals surface area (Å²) in [6.07, 6.45) is 4.52. The number of hydrogen-bond donors (Lipinski definition) is 2. The maximum atomic E-state index is 10.8. The number of nitrogens with zero attached hydrogens (tertiary/aromatic N) is 1. The molecule has 5 heteroatoms. The van der Waals surface area contributed by atoms with Crippen LogP contribution in [0.25, 0.3) is 0 Å². The second kappa shape index (κ2) is 4.94. The Labute approximate surface area is 107 Å². The molecule has 0 unspecified atom stereocenters. The van der Waals surface area contributed by atoms with E-state index in [4.69, 9.17) is 5.73 Å². The van der Waals surface area contributed by atoms with Crippen molar-refractivity contribution in [1.29, 1.82) is 0 Å². The lowest BCUT2D eigenvalue weighted by Crippen LogP contribution is -2.42. The fraction of sp³-hybridized carbons (Fsp3) is 0.538. The maximum Gasteiger partial charge on any atom is 0.272 e. The van der Waals surface area contributed by atoms with Crippen molar-refractivity contribution in [2.24, 2.45) is 5.73 Å². The predicted octanol–water partition coefficient (Wildman–Crippen LogP) is 2.59. The summed E-state index contributed by atoms with van der Waals surface area (Å²) in [5.41, 5.74) is 7.60. The lowest BCUT2D eigenvalue weighted by Gasteiger charge is -2.30. The van der Waals surface area contributed by atoms with Crippen LogP contribution in [0.15, 0.2) is 18.2 Å². The van der Waals surface area contributed by atoms with Gasteiger partial charge in [0.2, 0.25) is 0 Å². The fourth-order valence-corrected chi connectivity index (χ4v) is 2.68. The maximum absolute atomic E-state index is 10.8. The normalized spacial score (nSPS) is 17.7. The van der Waals surface area contributed by atoms with Gasteiger partial charge in [-0.1, -0.05) is 12.8 Å². The molecule has 2 rings (SSSR count). The van der Waals surface area contributed by atoms with Gasteiger partial charge in [-0.25, -0.2) is 0 Å². The van der Waals surface area contributed by atoms with Crippen molar-refractivity contribution in [2.45, 2.75) is 38.1 Å². The van der Waals surface area contributed by atoms with Crippen LogP contribution in [-0.4, -0.2) is 17.0 Å². The van der Waals surface area contributed by atoms with E-state index in [2.05, 4.69) is 5.32 Å². The van der Waals surface area contributed by atoms with Gasteiger partial charge in [-0.15, -0.1) is 0 Å². The van der Waals surface area contributed by atoms with Gasteiger partial charge in [0.1, 0.15) is 0 Å². The zero-order chi connectivity index (χ0) is 13.2. The van der Waals surface area contributed by atoms with Gasteiger partial charge in [-0.2, -0.15) is 0 Å². The van der Waals surface area contributed by atoms with Crippen LogP contribution in [0.1, 0.15) is 31.2 Å². The highest BCUT2D eigenvalue weighted by molar-refractivity contribution is 5.55. The fourth-order valence-electron chi connectivity index (χ4n) is 2.68. The van der Waals surface area contributed by atoms with Gasteiger partial charge in [0.15, 0.2) is 0 Å². The molecule has 1 saturated carbocycles. The molecule has 1 aliphatic rings. The number of rotatable bonds is 4. The SMILES string of the molecule is Cc1cc(NC2(CN)CCCC2)ccc1[N+](=O)[O-]. The van der Waals surface area contributed by atoms with Crippen LogP contribution in [-0.2, 0) is 0 Å². The Morgan fingerprint density at radius 1 is 1.44 bits per heavy atom. The zero-order valence-electron chi connectivity index (χ0n) is 10.6. The van der Waals surface area contributed by atoms with E-state index in [1.165, 1.54) is 12.8 Å². The average Bonchev–Trinajstić information content (AvgIpc) is 2.78. The summed E-state index contributed by atoms with van der Waals surface area (Å²) in [6, 6.07) is 5.14. The Balaban J connectivity index is 2.19. The molecule has 1 fully saturated rings. The van der Waals surface area contributed by atoms with E-state index in [0.29, 0.717) is 12.1 Å². The minimum Gasteiger partial charge on any atom is -0.378 e. The molecule has 18 heavy (non-hydrogen) atoms. The Bertz CT molecular complexity index is 454. The number of hydrogen-bond acceptors (Lipinski definition) is 4. The Morgan fingerprint density at radius 2 is 2.11 bits per heavy atom. The van der Waals surface area contributed by atoms with Crippen molar-refractivity contribution in [1.82, 2.24) is 0 Å². The second-order valence-corrected chi connectivity index (χ2v) is 5.07. The molecule has 0 atom stereocenters. The molecule has 1 aromatic carbocycles. The van der Waals surface area contributed by atoms with Crippen LogP contribution in [0, 0.1) is 17.0 Å². The van der Waals surface area contributed by atoms with E-state index in [0.717, 1.165) is 18.5 Å². The molecule has 5 nitrogen and oxygen atoms in total. The van der Waals surface area contributed by atoms with Gasteiger partial charge in [0, 0.05) is 29.4 Å². The molecule has 0 radical (unpaired) electrons. The average molecular weight is 249 g/mol. The van der Waals surface area contributed by atoms with E-state index >= 15 is 0 Å². The highest BCUT2D eigenvalue weighted by Gasteiger charge is 2.32. The highest BCUT2D eigenvalue weighted by Crippen LogP contribution is 2.33. The third kappa shape index (κ3) is 2.46. The number of nitrogens with two attached hydrogens (primary N) is 1. The lowest BCUT2D eigenvalue weighted by molar-refractivity contribution is -0.385. The Kier molecular flexibility index (Phi) is 3.52. The standard InChI is InChI=1S/C13H19N3O2/c1-10-8-11(4-5-12(10)16(17)18)15-13(9-14)6-2-3-7-13/h4-5,8,15H,2-3,6-7,9,14H2,1H3. The first-order valence-corrected chi connectivity index (χ1v) is 6.30. The predicted molar refractivity (Wildman–Crippen MR) is 71.7 cm³/mol. The molecule has 0 bridgehead atoms. The van der Waals surface area contributed by atoms with Gasteiger partial charge in [-0.05, 0) is 31.9 Å². The van der Waals surface area contributed by atoms with Crippen LogP contribution in [0.5, 0.6) is 0 Å². The Hall–Kier alpha value is -1.62. The second-order valence-electron chi connectivity index (χ2n) is 5.07. The van der Waals surface area contributed by atoms with Crippen LogP contribution in [0.4, 0.5) is 11.4 Å². The van der Waals surface area contributed by atoms with Crippen molar-refractivity contribution in [3.63, 3.8) is 0 Å². The number of anilines is 1. The molecule has 0 heterocycles. The number of nitrogens with one attached hydrogen (secondary N) is 1. The van der Waals surface area contributed by atoms with Crippen molar-refractivity contribution in [3.05, 3.63) is 33.9 Å². The van der Waals surface area contributed by atoms with Crippen LogP contribution in [0.3, 0.4) is 0 Å². The lowest BCUT2D eigenvalue weighted by atomic mass is 9.97. The molecular formula is C13H19N3O2. The van der Waals surface area contributed by atoms with Crippen molar-refractivity contribution in [2.75, 3.05) is 11.9 Å². The largest absolute Gasteiger partial charge is 0.378 e. The van der Waals surface area contributed by atoms with Crippen LogP contribution >= 0.6 is 0 Å². The minimum atomic E-state index is -0.354. The van der Waals surface area contributed by atoms with Gasteiger partial charge in [0.05, 0.1) is 4.92 Å². The number of nitro benzene ring substituents is 1. The minimum absolute atomic E-state index is 0.0252.